The van der Waals surface area contributed by atoms with Gasteiger partial charge in [0.05, 0.1) is 17.1 Å². The minimum Gasteiger partial charge on any atom is -0.454 e. The SMILES string of the molecule is Cc1nn(C)c(C(=O)OCc2nc(C(C)(C)C)cs2)c1N. The number of nitrogens with zero attached hydrogens (tertiary/aromatic N) is 3. The summed E-state index contributed by atoms with van der Waals surface area (Å²) in [5.41, 5.74) is 8.08. The molecule has 0 aliphatic rings. The van der Waals surface area contributed by atoms with Gasteiger partial charge in [0.15, 0.2) is 5.69 Å². The Morgan fingerprint density at radius 2 is 2.14 bits per heavy atom. The molecule has 21 heavy (non-hydrogen) atoms. The van der Waals surface area contributed by atoms with Crippen molar-refractivity contribution in [3.63, 3.8) is 0 Å². The number of carbonyl (C=O) groups is 1. The quantitative estimate of drug-likeness (QED) is 0.880. The van der Waals surface area contributed by atoms with Gasteiger partial charge in [-0.2, -0.15) is 5.10 Å². The topological polar surface area (TPSA) is 83.0 Å². The van der Waals surface area contributed by atoms with Gasteiger partial charge in [-0.3, -0.25) is 4.68 Å². The fraction of sp³-hybridized carbons (Fsp3) is 0.500. The number of nitrogen functional groups attached to an aromatic ring is 1. The van der Waals surface area contributed by atoms with Gasteiger partial charge in [0.1, 0.15) is 11.6 Å². The summed E-state index contributed by atoms with van der Waals surface area (Å²) in [6, 6.07) is 0. The van der Waals surface area contributed by atoms with Gasteiger partial charge >= 0.3 is 5.97 Å². The molecule has 0 saturated carbocycles. The van der Waals surface area contributed by atoms with Crippen LogP contribution in [0.25, 0.3) is 0 Å². The number of rotatable bonds is 3. The molecule has 0 amide bonds. The Morgan fingerprint density at radius 1 is 1.48 bits per heavy atom. The fourth-order valence-corrected chi connectivity index (χ4v) is 2.77. The number of ether oxygens (including phenoxy) is 1. The van der Waals surface area contributed by atoms with Crippen molar-refractivity contribution < 1.29 is 9.53 Å². The molecule has 0 aliphatic carbocycles. The monoisotopic (exact) mass is 308 g/mol. The summed E-state index contributed by atoms with van der Waals surface area (Å²) < 4.78 is 6.72. The molecule has 0 bridgehead atoms. The van der Waals surface area contributed by atoms with Crippen LogP contribution in [0.1, 0.15) is 47.7 Å². The first-order chi connectivity index (χ1) is 9.70. The molecule has 2 aromatic heterocycles. The maximum Gasteiger partial charge on any atom is 0.359 e. The number of esters is 1. The lowest BCUT2D eigenvalue weighted by Crippen LogP contribution is -2.13. The summed E-state index contributed by atoms with van der Waals surface area (Å²) in [7, 11) is 1.67. The number of nitrogens with two attached hydrogens (primary N) is 1. The maximum absolute atomic E-state index is 12.1. The Bertz CT molecular complexity index is 667. The first kappa shape index (κ1) is 15.5. The van der Waals surface area contributed by atoms with Crippen molar-refractivity contribution in [2.45, 2.75) is 39.7 Å². The van der Waals surface area contributed by atoms with Crippen molar-refractivity contribution >= 4 is 23.0 Å². The van der Waals surface area contributed by atoms with E-state index < -0.39 is 5.97 Å². The Hall–Kier alpha value is -1.89. The van der Waals surface area contributed by atoms with Crippen LogP contribution in [0.15, 0.2) is 5.38 Å². The highest BCUT2D eigenvalue weighted by molar-refractivity contribution is 7.09. The minimum absolute atomic E-state index is 0.0116. The lowest BCUT2D eigenvalue weighted by Gasteiger charge is -2.14. The second-order valence-electron chi connectivity index (χ2n) is 5.92. The average Bonchev–Trinajstić information content (AvgIpc) is 2.93. The first-order valence-corrected chi connectivity index (χ1v) is 7.49. The first-order valence-electron chi connectivity index (χ1n) is 6.61. The smallest absolute Gasteiger partial charge is 0.359 e. The molecular formula is C14H20N4O2S. The van der Waals surface area contributed by atoms with Crippen LogP contribution < -0.4 is 5.73 Å². The summed E-state index contributed by atoms with van der Waals surface area (Å²) in [6.07, 6.45) is 0. The van der Waals surface area contributed by atoms with Crippen LogP contribution >= 0.6 is 11.3 Å². The molecule has 0 aliphatic heterocycles. The predicted octanol–water partition coefficient (Wildman–Crippen LogP) is 2.42. The number of hydrogen-bond acceptors (Lipinski definition) is 6. The third kappa shape index (κ3) is 3.24. The second-order valence-corrected chi connectivity index (χ2v) is 6.87. The normalized spacial score (nSPS) is 11.7. The molecule has 2 N–H and O–H groups in total. The Kier molecular flexibility index (Phi) is 4.04. The molecule has 0 fully saturated rings. The van der Waals surface area contributed by atoms with E-state index in [1.165, 1.54) is 16.0 Å². The number of carbonyl (C=O) groups excluding carboxylic acids is 1. The maximum atomic E-state index is 12.1. The molecule has 0 atom stereocenters. The molecule has 0 radical (unpaired) electrons. The van der Waals surface area contributed by atoms with Crippen LogP contribution in [-0.2, 0) is 23.8 Å². The fourth-order valence-electron chi connectivity index (χ4n) is 1.83. The van der Waals surface area contributed by atoms with Crippen molar-refractivity contribution in [1.82, 2.24) is 14.8 Å². The molecule has 6 nitrogen and oxygen atoms in total. The highest BCUT2D eigenvalue weighted by Crippen LogP contribution is 2.24. The van der Waals surface area contributed by atoms with Crippen LogP contribution in [0, 0.1) is 6.92 Å². The van der Waals surface area contributed by atoms with Crippen LogP contribution in [-0.4, -0.2) is 20.7 Å². The van der Waals surface area contributed by atoms with Gasteiger partial charge in [0.2, 0.25) is 0 Å². The van der Waals surface area contributed by atoms with E-state index in [2.05, 4.69) is 30.9 Å². The van der Waals surface area contributed by atoms with E-state index in [1.807, 2.05) is 5.38 Å². The highest BCUT2D eigenvalue weighted by Gasteiger charge is 2.21. The van der Waals surface area contributed by atoms with Gasteiger partial charge in [0, 0.05) is 17.8 Å². The third-order valence-electron chi connectivity index (χ3n) is 3.11. The molecule has 2 rings (SSSR count). The summed E-state index contributed by atoms with van der Waals surface area (Å²) in [6.45, 7) is 8.18. The van der Waals surface area contributed by atoms with Gasteiger partial charge < -0.3 is 10.5 Å². The van der Waals surface area contributed by atoms with Gasteiger partial charge in [-0.1, -0.05) is 20.8 Å². The van der Waals surface area contributed by atoms with E-state index in [4.69, 9.17) is 10.5 Å². The van der Waals surface area contributed by atoms with Gasteiger partial charge in [-0.15, -0.1) is 11.3 Å². The van der Waals surface area contributed by atoms with Crippen molar-refractivity contribution in [2.75, 3.05) is 5.73 Å². The zero-order valence-electron chi connectivity index (χ0n) is 12.9. The van der Waals surface area contributed by atoms with Crippen molar-refractivity contribution in [3.05, 3.63) is 27.5 Å². The second kappa shape index (κ2) is 5.48. The van der Waals surface area contributed by atoms with E-state index in [0.29, 0.717) is 11.4 Å². The molecule has 7 heteroatoms. The molecule has 0 unspecified atom stereocenters. The van der Waals surface area contributed by atoms with Gasteiger partial charge in [-0.05, 0) is 6.92 Å². The Labute approximate surface area is 127 Å². The van der Waals surface area contributed by atoms with Crippen LogP contribution in [0.2, 0.25) is 0 Å². The molecular weight excluding hydrogens is 288 g/mol. The summed E-state index contributed by atoms with van der Waals surface area (Å²) in [5.74, 6) is -0.483. The van der Waals surface area contributed by atoms with Crippen molar-refractivity contribution in [2.24, 2.45) is 7.05 Å². The lowest BCUT2D eigenvalue weighted by atomic mass is 9.93. The van der Waals surface area contributed by atoms with Gasteiger partial charge in [0.25, 0.3) is 0 Å². The average molecular weight is 308 g/mol. The predicted molar refractivity (Wildman–Crippen MR) is 82.3 cm³/mol. The minimum atomic E-state index is -0.483. The van der Waals surface area contributed by atoms with E-state index in [1.54, 1.807) is 14.0 Å². The zero-order valence-corrected chi connectivity index (χ0v) is 13.7. The summed E-state index contributed by atoms with van der Waals surface area (Å²) in [4.78, 5) is 16.6. The molecule has 2 aromatic rings. The van der Waals surface area contributed by atoms with Crippen LogP contribution in [0.4, 0.5) is 5.69 Å². The molecule has 0 spiro atoms. The largest absolute Gasteiger partial charge is 0.454 e. The number of anilines is 1. The number of thiazole rings is 1. The van der Waals surface area contributed by atoms with E-state index in [-0.39, 0.29) is 17.7 Å². The van der Waals surface area contributed by atoms with E-state index in [0.717, 1.165) is 10.7 Å². The number of hydrogen-bond donors (Lipinski definition) is 1. The summed E-state index contributed by atoms with van der Waals surface area (Å²) in [5, 5.41) is 6.86. The molecule has 2 heterocycles. The zero-order chi connectivity index (χ0) is 15.8. The molecule has 114 valence electrons. The van der Waals surface area contributed by atoms with Crippen molar-refractivity contribution in [3.8, 4) is 0 Å². The van der Waals surface area contributed by atoms with E-state index in [9.17, 15) is 4.79 Å². The highest BCUT2D eigenvalue weighted by atomic mass is 32.1. The summed E-state index contributed by atoms with van der Waals surface area (Å²) >= 11 is 1.49. The standard InChI is InChI=1S/C14H20N4O2S/c1-8-11(15)12(18(5)17-8)13(19)20-6-10-16-9(7-21-10)14(2,3)4/h7H,6,15H2,1-5H3. The Morgan fingerprint density at radius 3 is 2.62 bits per heavy atom. The van der Waals surface area contributed by atoms with Crippen LogP contribution in [0.5, 0.6) is 0 Å². The van der Waals surface area contributed by atoms with E-state index >= 15 is 0 Å². The van der Waals surface area contributed by atoms with Crippen molar-refractivity contribution in [1.29, 1.82) is 0 Å². The number of aromatic nitrogens is 3. The molecule has 0 aromatic carbocycles. The number of aryl methyl sites for hydroxylation is 2. The Balaban J connectivity index is 2.06. The van der Waals surface area contributed by atoms with Gasteiger partial charge in [-0.25, -0.2) is 9.78 Å². The third-order valence-corrected chi connectivity index (χ3v) is 3.93. The lowest BCUT2D eigenvalue weighted by molar-refractivity contribution is 0.0460. The van der Waals surface area contributed by atoms with Crippen LogP contribution in [0.3, 0.4) is 0 Å². The molecule has 0 saturated heterocycles.